The fourth-order valence-electron chi connectivity index (χ4n) is 3.06. The van der Waals surface area contributed by atoms with E-state index in [1.54, 1.807) is 11.0 Å². The van der Waals surface area contributed by atoms with Gasteiger partial charge in [0.15, 0.2) is 0 Å². The van der Waals surface area contributed by atoms with Crippen molar-refractivity contribution in [1.29, 1.82) is 0 Å². The van der Waals surface area contributed by atoms with Crippen molar-refractivity contribution in [2.45, 2.75) is 6.42 Å². The molecular formula is C16H20FN3O2. The molecule has 2 heterocycles. The summed E-state index contributed by atoms with van der Waals surface area (Å²) in [4.78, 5) is 28.2. The van der Waals surface area contributed by atoms with Crippen LogP contribution in [0, 0.1) is 11.7 Å². The van der Waals surface area contributed by atoms with E-state index in [1.165, 1.54) is 18.2 Å². The molecule has 0 aromatic heterocycles. The highest BCUT2D eigenvalue weighted by Crippen LogP contribution is 2.15. The summed E-state index contributed by atoms with van der Waals surface area (Å²) in [5, 5.41) is 3.20. The molecule has 1 atom stereocenters. The second-order valence-electron chi connectivity index (χ2n) is 5.82. The quantitative estimate of drug-likeness (QED) is 0.876. The van der Waals surface area contributed by atoms with Crippen LogP contribution in [0.2, 0.25) is 0 Å². The first kappa shape index (κ1) is 15.0. The van der Waals surface area contributed by atoms with Crippen LogP contribution in [0.5, 0.6) is 0 Å². The highest BCUT2D eigenvalue weighted by atomic mass is 19.1. The molecule has 0 aliphatic carbocycles. The van der Waals surface area contributed by atoms with Gasteiger partial charge in [-0.15, -0.1) is 0 Å². The minimum atomic E-state index is -0.409. The van der Waals surface area contributed by atoms with Gasteiger partial charge < -0.3 is 15.1 Å². The molecule has 0 saturated carbocycles. The lowest BCUT2D eigenvalue weighted by Gasteiger charge is -2.36. The third-order valence-electron chi connectivity index (χ3n) is 4.36. The van der Waals surface area contributed by atoms with Crippen LogP contribution in [-0.2, 0) is 4.79 Å². The number of amides is 2. The standard InChI is InChI=1S/C16H20FN3O2/c17-14-3-1-2-12(10-14)15(21)19-6-8-20(9-7-19)16(22)13-4-5-18-11-13/h1-3,10,13,18H,4-9,11H2. The van der Waals surface area contributed by atoms with Crippen molar-refractivity contribution in [2.24, 2.45) is 5.92 Å². The Morgan fingerprint density at radius 2 is 1.86 bits per heavy atom. The fraction of sp³-hybridized carbons (Fsp3) is 0.500. The van der Waals surface area contributed by atoms with Crippen LogP contribution in [0.15, 0.2) is 24.3 Å². The summed E-state index contributed by atoms with van der Waals surface area (Å²) >= 11 is 0. The highest BCUT2D eigenvalue weighted by Gasteiger charge is 2.30. The Kier molecular flexibility index (Phi) is 4.38. The van der Waals surface area contributed by atoms with E-state index in [2.05, 4.69) is 5.32 Å². The molecule has 1 N–H and O–H groups in total. The maximum Gasteiger partial charge on any atom is 0.254 e. The number of benzene rings is 1. The van der Waals surface area contributed by atoms with Gasteiger partial charge in [0.1, 0.15) is 5.82 Å². The van der Waals surface area contributed by atoms with E-state index in [4.69, 9.17) is 0 Å². The second-order valence-corrected chi connectivity index (χ2v) is 5.82. The Hall–Kier alpha value is -1.95. The Morgan fingerprint density at radius 1 is 1.14 bits per heavy atom. The summed E-state index contributed by atoms with van der Waals surface area (Å²) in [7, 11) is 0. The van der Waals surface area contributed by atoms with Crippen molar-refractivity contribution in [3.63, 3.8) is 0 Å². The second kappa shape index (κ2) is 6.44. The predicted molar refractivity (Wildman–Crippen MR) is 79.9 cm³/mol. The van der Waals surface area contributed by atoms with E-state index < -0.39 is 5.82 Å². The van der Waals surface area contributed by atoms with Crippen molar-refractivity contribution in [3.8, 4) is 0 Å². The first-order valence-corrected chi connectivity index (χ1v) is 7.69. The van der Waals surface area contributed by atoms with E-state index in [0.29, 0.717) is 31.7 Å². The van der Waals surface area contributed by atoms with Crippen LogP contribution in [0.3, 0.4) is 0 Å². The largest absolute Gasteiger partial charge is 0.339 e. The molecule has 5 nitrogen and oxygen atoms in total. The van der Waals surface area contributed by atoms with Gasteiger partial charge in [-0.2, -0.15) is 0 Å². The van der Waals surface area contributed by atoms with E-state index in [-0.39, 0.29) is 17.7 Å². The van der Waals surface area contributed by atoms with Gasteiger partial charge in [-0.1, -0.05) is 6.07 Å². The molecule has 1 aromatic carbocycles. The fourth-order valence-corrected chi connectivity index (χ4v) is 3.06. The van der Waals surface area contributed by atoms with Crippen molar-refractivity contribution >= 4 is 11.8 Å². The average Bonchev–Trinajstić information content (AvgIpc) is 3.08. The third kappa shape index (κ3) is 3.11. The summed E-state index contributed by atoms with van der Waals surface area (Å²) < 4.78 is 13.2. The monoisotopic (exact) mass is 305 g/mol. The molecule has 3 rings (SSSR count). The lowest BCUT2D eigenvalue weighted by atomic mass is 10.1. The Bertz CT molecular complexity index is 564. The van der Waals surface area contributed by atoms with Gasteiger partial charge >= 0.3 is 0 Å². The molecule has 0 spiro atoms. The topological polar surface area (TPSA) is 52.7 Å². The van der Waals surface area contributed by atoms with Crippen LogP contribution < -0.4 is 5.32 Å². The summed E-state index contributed by atoms with van der Waals surface area (Å²) in [6.07, 6.45) is 0.890. The lowest BCUT2D eigenvalue weighted by molar-refractivity contribution is -0.136. The zero-order valence-corrected chi connectivity index (χ0v) is 12.4. The van der Waals surface area contributed by atoms with E-state index in [0.717, 1.165) is 19.5 Å². The first-order chi connectivity index (χ1) is 10.6. The van der Waals surface area contributed by atoms with Gasteiger partial charge in [-0.05, 0) is 31.2 Å². The molecule has 0 bridgehead atoms. The SMILES string of the molecule is O=C(c1cccc(F)c1)N1CCN(C(=O)C2CCNC2)CC1. The summed E-state index contributed by atoms with van der Waals surface area (Å²) in [5.74, 6) is -0.323. The average molecular weight is 305 g/mol. The Labute approximate surface area is 129 Å². The molecule has 1 aromatic rings. The molecule has 2 aliphatic rings. The van der Waals surface area contributed by atoms with Crippen LogP contribution >= 0.6 is 0 Å². The van der Waals surface area contributed by atoms with E-state index in [1.807, 2.05) is 4.90 Å². The van der Waals surface area contributed by atoms with Crippen LogP contribution in [0.4, 0.5) is 4.39 Å². The van der Waals surface area contributed by atoms with Crippen LogP contribution in [-0.4, -0.2) is 60.9 Å². The maximum atomic E-state index is 13.2. The predicted octanol–water partition coefficient (Wildman–Crippen LogP) is 0.720. The number of carbonyl (C=O) groups is 2. The molecule has 22 heavy (non-hydrogen) atoms. The zero-order valence-electron chi connectivity index (χ0n) is 12.4. The number of halogens is 1. The highest BCUT2D eigenvalue weighted by molar-refractivity contribution is 5.94. The molecular weight excluding hydrogens is 285 g/mol. The van der Waals surface area contributed by atoms with Crippen molar-refractivity contribution in [2.75, 3.05) is 39.3 Å². The molecule has 0 radical (unpaired) electrons. The van der Waals surface area contributed by atoms with Crippen LogP contribution in [0.1, 0.15) is 16.8 Å². The van der Waals surface area contributed by atoms with Gasteiger partial charge in [-0.3, -0.25) is 9.59 Å². The van der Waals surface area contributed by atoms with Crippen molar-refractivity contribution in [1.82, 2.24) is 15.1 Å². The summed E-state index contributed by atoms with van der Waals surface area (Å²) in [6, 6.07) is 5.73. The number of piperazine rings is 1. The number of hydrogen-bond donors (Lipinski definition) is 1. The smallest absolute Gasteiger partial charge is 0.254 e. The number of rotatable bonds is 2. The van der Waals surface area contributed by atoms with Gasteiger partial charge in [0.05, 0.1) is 5.92 Å². The minimum absolute atomic E-state index is 0.0745. The van der Waals surface area contributed by atoms with E-state index >= 15 is 0 Å². The zero-order chi connectivity index (χ0) is 15.5. The van der Waals surface area contributed by atoms with E-state index in [9.17, 15) is 14.0 Å². The number of nitrogens with zero attached hydrogens (tertiary/aromatic N) is 2. The molecule has 1 unspecified atom stereocenters. The van der Waals surface area contributed by atoms with Crippen molar-refractivity contribution < 1.29 is 14.0 Å². The molecule has 2 aliphatic heterocycles. The summed E-state index contributed by atoms with van der Waals surface area (Å²) in [5.41, 5.74) is 0.361. The molecule has 6 heteroatoms. The normalized spacial score (nSPS) is 22.0. The summed E-state index contributed by atoms with van der Waals surface area (Å²) in [6.45, 7) is 3.75. The van der Waals surface area contributed by atoms with Crippen molar-refractivity contribution in [3.05, 3.63) is 35.6 Å². The van der Waals surface area contributed by atoms with Gasteiger partial charge in [0.25, 0.3) is 5.91 Å². The van der Waals surface area contributed by atoms with Crippen LogP contribution in [0.25, 0.3) is 0 Å². The Morgan fingerprint density at radius 3 is 2.50 bits per heavy atom. The molecule has 118 valence electrons. The van der Waals surface area contributed by atoms with Gasteiger partial charge in [0, 0.05) is 38.3 Å². The number of nitrogens with one attached hydrogen (secondary N) is 1. The third-order valence-corrected chi connectivity index (χ3v) is 4.36. The maximum absolute atomic E-state index is 13.2. The molecule has 2 fully saturated rings. The van der Waals surface area contributed by atoms with Gasteiger partial charge in [-0.25, -0.2) is 4.39 Å². The Balaban J connectivity index is 1.57. The number of carbonyl (C=O) groups excluding carboxylic acids is 2. The minimum Gasteiger partial charge on any atom is -0.339 e. The first-order valence-electron chi connectivity index (χ1n) is 7.69. The van der Waals surface area contributed by atoms with Gasteiger partial charge in [0.2, 0.25) is 5.91 Å². The lowest BCUT2D eigenvalue weighted by Crippen LogP contribution is -2.52. The number of hydrogen-bond acceptors (Lipinski definition) is 3. The molecule has 2 amide bonds. The molecule has 2 saturated heterocycles.